The second-order valence-electron chi connectivity index (χ2n) is 4.34. The summed E-state index contributed by atoms with van der Waals surface area (Å²) in [5.74, 6) is 0.435. The van der Waals surface area contributed by atoms with Crippen molar-refractivity contribution in [2.45, 2.75) is 0 Å². The molecular formula is C14H12N8. The molecule has 3 aromatic rings. The summed E-state index contributed by atoms with van der Waals surface area (Å²) in [7, 11) is 0. The number of rotatable bonds is 3. The van der Waals surface area contributed by atoms with Gasteiger partial charge in [0.15, 0.2) is 0 Å². The maximum absolute atomic E-state index is 5.95. The zero-order valence-corrected chi connectivity index (χ0v) is 11.5. The van der Waals surface area contributed by atoms with Crippen molar-refractivity contribution in [3.63, 3.8) is 0 Å². The van der Waals surface area contributed by atoms with Crippen LogP contribution in [0.5, 0.6) is 0 Å². The summed E-state index contributed by atoms with van der Waals surface area (Å²) in [6, 6.07) is 8.66. The second-order valence-corrected chi connectivity index (χ2v) is 4.34. The summed E-state index contributed by atoms with van der Waals surface area (Å²) >= 11 is 0. The fraction of sp³-hybridized carbons (Fsp3) is 0. The highest BCUT2D eigenvalue weighted by atomic mass is 15.3. The lowest BCUT2D eigenvalue weighted by molar-refractivity contribution is 1.02. The Hall–Kier alpha value is -3.42. The predicted molar refractivity (Wildman–Crippen MR) is 82.5 cm³/mol. The van der Waals surface area contributed by atoms with Crippen molar-refractivity contribution >= 4 is 23.3 Å². The summed E-state index contributed by atoms with van der Waals surface area (Å²) in [5, 5.41) is 7.80. The predicted octanol–water partition coefficient (Wildman–Crippen LogP) is 2.51. The van der Waals surface area contributed by atoms with Crippen LogP contribution in [-0.2, 0) is 0 Å². The van der Waals surface area contributed by atoms with E-state index in [-0.39, 0.29) is 11.9 Å². The van der Waals surface area contributed by atoms with Gasteiger partial charge in [-0.25, -0.2) is 19.9 Å². The molecule has 0 radical (unpaired) electrons. The molecule has 3 rings (SSSR count). The van der Waals surface area contributed by atoms with E-state index in [0.717, 1.165) is 5.56 Å². The maximum atomic E-state index is 5.95. The highest BCUT2D eigenvalue weighted by Crippen LogP contribution is 2.26. The third kappa shape index (κ3) is 3.01. The molecule has 2 aromatic heterocycles. The smallest absolute Gasteiger partial charge is 0.269 e. The van der Waals surface area contributed by atoms with Crippen LogP contribution in [0.25, 0.3) is 11.3 Å². The number of nitrogens with zero attached hydrogens (tertiary/aromatic N) is 6. The highest BCUT2D eigenvalue weighted by Gasteiger charge is 2.06. The fourth-order valence-electron chi connectivity index (χ4n) is 1.79. The van der Waals surface area contributed by atoms with Gasteiger partial charge in [0.05, 0.1) is 5.69 Å². The molecule has 0 atom stereocenters. The van der Waals surface area contributed by atoms with Crippen LogP contribution < -0.4 is 11.5 Å². The quantitative estimate of drug-likeness (QED) is 0.563. The van der Waals surface area contributed by atoms with Crippen molar-refractivity contribution in [2.24, 2.45) is 10.2 Å². The first-order chi connectivity index (χ1) is 10.7. The lowest BCUT2D eigenvalue weighted by Gasteiger charge is -2.05. The van der Waals surface area contributed by atoms with Gasteiger partial charge in [-0.05, 0) is 30.3 Å². The first kappa shape index (κ1) is 13.6. The molecule has 0 aliphatic carbocycles. The molecule has 0 aliphatic heterocycles. The minimum Gasteiger partial charge on any atom is -0.399 e. The van der Waals surface area contributed by atoms with E-state index in [0.29, 0.717) is 17.1 Å². The van der Waals surface area contributed by atoms with Crippen LogP contribution in [0.4, 0.5) is 23.3 Å². The molecule has 8 nitrogen and oxygen atoms in total. The van der Waals surface area contributed by atoms with E-state index in [1.54, 1.807) is 48.9 Å². The molecule has 108 valence electrons. The molecule has 1 aromatic carbocycles. The van der Waals surface area contributed by atoms with Gasteiger partial charge in [0.25, 0.3) is 11.9 Å². The summed E-state index contributed by atoms with van der Waals surface area (Å²) in [5.41, 5.74) is 14.2. The average Bonchev–Trinajstić information content (AvgIpc) is 2.54. The Bertz CT molecular complexity index is 816. The highest BCUT2D eigenvalue weighted by molar-refractivity contribution is 5.76. The normalized spacial score (nSPS) is 10.9. The Kier molecular flexibility index (Phi) is 3.65. The molecule has 0 saturated carbocycles. The largest absolute Gasteiger partial charge is 0.399 e. The molecule has 0 amide bonds. The van der Waals surface area contributed by atoms with E-state index < -0.39 is 0 Å². The zero-order valence-electron chi connectivity index (χ0n) is 11.5. The van der Waals surface area contributed by atoms with Gasteiger partial charge in [-0.1, -0.05) is 0 Å². The van der Waals surface area contributed by atoms with E-state index in [1.807, 2.05) is 0 Å². The van der Waals surface area contributed by atoms with Crippen LogP contribution in [0.1, 0.15) is 0 Å². The number of anilines is 2. The number of azo groups is 1. The van der Waals surface area contributed by atoms with Gasteiger partial charge in [-0.15, -0.1) is 10.2 Å². The van der Waals surface area contributed by atoms with Crippen LogP contribution in [0.3, 0.4) is 0 Å². The third-order valence-corrected chi connectivity index (χ3v) is 2.78. The molecule has 4 N–H and O–H groups in total. The van der Waals surface area contributed by atoms with Crippen LogP contribution in [-0.4, -0.2) is 19.9 Å². The van der Waals surface area contributed by atoms with Crippen molar-refractivity contribution in [2.75, 3.05) is 11.5 Å². The van der Waals surface area contributed by atoms with Gasteiger partial charge in [-0.2, -0.15) is 0 Å². The molecule has 0 unspecified atom stereocenters. The van der Waals surface area contributed by atoms with Gasteiger partial charge in [0, 0.05) is 35.5 Å². The first-order valence-corrected chi connectivity index (χ1v) is 6.39. The lowest BCUT2D eigenvalue weighted by Crippen LogP contribution is -1.95. The molecule has 0 aliphatic rings. The number of nitrogen functional groups attached to an aromatic ring is 2. The Morgan fingerprint density at radius 3 is 2.32 bits per heavy atom. The fourth-order valence-corrected chi connectivity index (χ4v) is 1.79. The van der Waals surface area contributed by atoms with E-state index >= 15 is 0 Å². The topological polar surface area (TPSA) is 128 Å². The average molecular weight is 292 g/mol. The molecular weight excluding hydrogens is 280 g/mol. The van der Waals surface area contributed by atoms with E-state index in [1.165, 1.54) is 0 Å². The summed E-state index contributed by atoms with van der Waals surface area (Å²) in [6.45, 7) is 0. The molecule has 0 fully saturated rings. The molecule has 8 heteroatoms. The molecule has 0 saturated heterocycles. The van der Waals surface area contributed by atoms with Crippen molar-refractivity contribution in [1.29, 1.82) is 0 Å². The van der Waals surface area contributed by atoms with Crippen LogP contribution in [0.2, 0.25) is 0 Å². The Morgan fingerprint density at radius 1 is 0.818 bits per heavy atom. The van der Waals surface area contributed by atoms with Crippen molar-refractivity contribution in [3.05, 3.63) is 48.9 Å². The maximum Gasteiger partial charge on any atom is 0.269 e. The number of hydrogen-bond donors (Lipinski definition) is 2. The van der Waals surface area contributed by atoms with Crippen LogP contribution in [0.15, 0.2) is 59.2 Å². The van der Waals surface area contributed by atoms with Gasteiger partial charge < -0.3 is 11.5 Å². The number of nitrogens with two attached hydrogens (primary N) is 2. The van der Waals surface area contributed by atoms with Gasteiger partial charge in [-0.3, -0.25) is 0 Å². The minimum atomic E-state index is 0.196. The second kappa shape index (κ2) is 5.92. The minimum absolute atomic E-state index is 0.196. The standard InChI is InChI=1S/C14H12N8/c15-9-2-3-10(11(16)8-9)12-4-7-19-14(20-12)22-21-13-17-5-1-6-18-13/h1-8H,15-16H2. The summed E-state index contributed by atoms with van der Waals surface area (Å²) in [4.78, 5) is 16.2. The first-order valence-electron chi connectivity index (χ1n) is 6.39. The third-order valence-electron chi connectivity index (χ3n) is 2.78. The number of aromatic nitrogens is 4. The monoisotopic (exact) mass is 292 g/mol. The Morgan fingerprint density at radius 2 is 1.55 bits per heavy atom. The summed E-state index contributed by atoms with van der Waals surface area (Å²) < 4.78 is 0. The SMILES string of the molecule is Nc1ccc(-c2ccnc(N=Nc3ncccn3)n2)c(N)c1. The Balaban J connectivity index is 1.91. The summed E-state index contributed by atoms with van der Waals surface area (Å²) in [6.07, 6.45) is 4.74. The van der Waals surface area contributed by atoms with E-state index in [2.05, 4.69) is 30.2 Å². The van der Waals surface area contributed by atoms with Crippen molar-refractivity contribution < 1.29 is 0 Å². The molecule has 22 heavy (non-hydrogen) atoms. The van der Waals surface area contributed by atoms with E-state index in [9.17, 15) is 0 Å². The lowest BCUT2D eigenvalue weighted by atomic mass is 10.1. The van der Waals surface area contributed by atoms with Gasteiger partial charge in [0.2, 0.25) is 0 Å². The van der Waals surface area contributed by atoms with Gasteiger partial charge >= 0.3 is 0 Å². The van der Waals surface area contributed by atoms with Crippen molar-refractivity contribution in [3.8, 4) is 11.3 Å². The van der Waals surface area contributed by atoms with Crippen molar-refractivity contribution in [1.82, 2.24) is 19.9 Å². The Labute approximate surface area is 126 Å². The molecule has 0 spiro atoms. The van der Waals surface area contributed by atoms with Crippen LogP contribution in [0, 0.1) is 0 Å². The number of benzene rings is 1. The number of hydrogen-bond acceptors (Lipinski definition) is 8. The zero-order chi connectivity index (χ0) is 15.4. The molecule has 0 bridgehead atoms. The molecule has 2 heterocycles. The van der Waals surface area contributed by atoms with Gasteiger partial charge in [0.1, 0.15) is 0 Å². The van der Waals surface area contributed by atoms with E-state index in [4.69, 9.17) is 11.5 Å². The van der Waals surface area contributed by atoms with Crippen LogP contribution >= 0.6 is 0 Å².